The Morgan fingerprint density at radius 3 is 2.50 bits per heavy atom. The molecule has 0 bridgehead atoms. The molecule has 0 saturated carbocycles. The van der Waals surface area contributed by atoms with E-state index >= 15 is 0 Å². The Bertz CT molecular complexity index is 523. The second kappa shape index (κ2) is 5.91. The summed E-state index contributed by atoms with van der Waals surface area (Å²) in [6.45, 7) is 0.516. The van der Waals surface area contributed by atoms with E-state index in [9.17, 15) is 4.39 Å². The Hall–Kier alpha value is -0.770. The van der Waals surface area contributed by atoms with Crippen LogP contribution in [-0.4, -0.2) is 0 Å². The molecule has 0 saturated heterocycles. The number of anilines is 1. The first-order chi connectivity index (χ1) is 8.56. The number of hydrogen-bond acceptors (Lipinski definition) is 1. The van der Waals surface area contributed by atoms with Crippen molar-refractivity contribution in [3.63, 3.8) is 0 Å². The van der Waals surface area contributed by atoms with Crippen molar-refractivity contribution in [3.05, 3.63) is 62.3 Å². The summed E-state index contributed by atoms with van der Waals surface area (Å²) in [5.41, 5.74) is 1.69. The highest BCUT2D eigenvalue weighted by atomic mass is 79.9. The van der Waals surface area contributed by atoms with Gasteiger partial charge < -0.3 is 5.32 Å². The van der Waals surface area contributed by atoms with Crippen LogP contribution in [0.2, 0.25) is 10.0 Å². The molecule has 0 spiro atoms. The summed E-state index contributed by atoms with van der Waals surface area (Å²) in [5.74, 6) is -0.275. The quantitative estimate of drug-likeness (QED) is 0.771. The third-order valence-corrected chi connectivity index (χ3v) is 3.78. The van der Waals surface area contributed by atoms with Crippen molar-refractivity contribution in [2.45, 2.75) is 6.54 Å². The van der Waals surface area contributed by atoms with Gasteiger partial charge in [-0.1, -0.05) is 29.3 Å². The molecule has 0 atom stereocenters. The summed E-state index contributed by atoms with van der Waals surface area (Å²) in [5, 5.41) is 4.15. The topological polar surface area (TPSA) is 12.0 Å². The Balaban J connectivity index is 2.06. The second-order valence-corrected chi connectivity index (χ2v) is 5.40. The van der Waals surface area contributed by atoms with Crippen molar-refractivity contribution in [2.24, 2.45) is 0 Å². The zero-order chi connectivity index (χ0) is 13.1. The summed E-state index contributed by atoms with van der Waals surface area (Å²) in [6.07, 6.45) is 0. The molecule has 0 heterocycles. The maximum Gasteiger partial charge on any atom is 0.137 e. The fourth-order valence-electron chi connectivity index (χ4n) is 1.46. The van der Waals surface area contributed by atoms with Crippen molar-refractivity contribution in [2.75, 3.05) is 5.32 Å². The van der Waals surface area contributed by atoms with E-state index in [0.29, 0.717) is 21.1 Å². The number of halogens is 4. The minimum Gasteiger partial charge on any atom is -0.381 e. The van der Waals surface area contributed by atoms with Gasteiger partial charge >= 0.3 is 0 Å². The molecular formula is C13H9BrCl2FN. The van der Waals surface area contributed by atoms with Crippen LogP contribution in [0.15, 0.2) is 40.9 Å². The molecular weight excluding hydrogens is 340 g/mol. The van der Waals surface area contributed by atoms with Crippen molar-refractivity contribution >= 4 is 44.8 Å². The first-order valence-electron chi connectivity index (χ1n) is 5.19. The molecule has 1 nitrogen and oxygen atoms in total. The Morgan fingerprint density at radius 1 is 1.06 bits per heavy atom. The van der Waals surface area contributed by atoms with Gasteiger partial charge in [0.1, 0.15) is 5.82 Å². The van der Waals surface area contributed by atoms with Gasteiger partial charge in [-0.15, -0.1) is 0 Å². The molecule has 2 aromatic rings. The molecule has 2 rings (SSSR count). The van der Waals surface area contributed by atoms with E-state index in [1.165, 1.54) is 6.07 Å². The van der Waals surface area contributed by atoms with Crippen LogP contribution in [0.1, 0.15) is 5.56 Å². The minimum atomic E-state index is -0.275. The van der Waals surface area contributed by atoms with Gasteiger partial charge in [-0.05, 0) is 51.8 Å². The molecule has 0 aliphatic rings. The van der Waals surface area contributed by atoms with E-state index in [4.69, 9.17) is 23.2 Å². The van der Waals surface area contributed by atoms with Crippen LogP contribution in [0, 0.1) is 5.82 Å². The van der Waals surface area contributed by atoms with Gasteiger partial charge in [0.15, 0.2) is 0 Å². The van der Waals surface area contributed by atoms with Gasteiger partial charge in [0.25, 0.3) is 0 Å². The molecule has 0 aromatic heterocycles. The average Bonchev–Trinajstić information content (AvgIpc) is 2.35. The summed E-state index contributed by atoms with van der Waals surface area (Å²) in [7, 11) is 0. The molecule has 18 heavy (non-hydrogen) atoms. The van der Waals surface area contributed by atoms with Crippen molar-refractivity contribution in [1.29, 1.82) is 0 Å². The third-order valence-electron chi connectivity index (χ3n) is 2.40. The molecule has 0 aliphatic heterocycles. The second-order valence-electron chi connectivity index (χ2n) is 3.73. The molecule has 94 valence electrons. The predicted molar refractivity (Wildman–Crippen MR) is 77.9 cm³/mol. The number of benzene rings is 2. The number of rotatable bonds is 3. The van der Waals surface area contributed by atoms with Gasteiger partial charge in [-0.2, -0.15) is 0 Å². The normalized spacial score (nSPS) is 10.4. The summed E-state index contributed by atoms with van der Waals surface area (Å²) in [4.78, 5) is 0. The molecule has 0 aliphatic carbocycles. The zero-order valence-corrected chi connectivity index (χ0v) is 12.3. The lowest BCUT2D eigenvalue weighted by molar-refractivity contribution is 0.619. The van der Waals surface area contributed by atoms with Gasteiger partial charge in [0, 0.05) is 12.2 Å². The molecule has 0 unspecified atom stereocenters. The molecule has 0 fully saturated rings. The summed E-state index contributed by atoms with van der Waals surface area (Å²) in [6, 6.07) is 10.3. The van der Waals surface area contributed by atoms with E-state index in [1.54, 1.807) is 18.2 Å². The largest absolute Gasteiger partial charge is 0.381 e. The third kappa shape index (κ3) is 3.37. The summed E-state index contributed by atoms with van der Waals surface area (Å²) >= 11 is 14.8. The van der Waals surface area contributed by atoms with Gasteiger partial charge in [0.05, 0.1) is 14.5 Å². The maximum atomic E-state index is 13.3. The molecule has 1 N–H and O–H groups in total. The van der Waals surface area contributed by atoms with Crippen LogP contribution in [0.5, 0.6) is 0 Å². The number of nitrogens with one attached hydrogen (secondary N) is 1. The highest BCUT2D eigenvalue weighted by Gasteiger charge is 2.02. The van der Waals surface area contributed by atoms with E-state index in [2.05, 4.69) is 21.2 Å². The SMILES string of the molecule is Fc1cc(CNc2ccc(Cl)c(Cl)c2)ccc1Br. The first kappa shape index (κ1) is 13.7. The molecule has 2 aromatic carbocycles. The summed E-state index contributed by atoms with van der Waals surface area (Å²) < 4.78 is 13.8. The lowest BCUT2D eigenvalue weighted by Crippen LogP contribution is -1.99. The first-order valence-corrected chi connectivity index (χ1v) is 6.74. The standard InChI is InChI=1S/C13H9BrCl2FN/c14-10-3-1-8(5-13(10)17)7-18-9-2-4-11(15)12(16)6-9/h1-6,18H,7H2. The average molecular weight is 349 g/mol. The fourth-order valence-corrected chi connectivity index (χ4v) is 2.00. The van der Waals surface area contributed by atoms with E-state index < -0.39 is 0 Å². The van der Waals surface area contributed by atoms with Crippen molar-refractivity contribution < 1.29 is 4.39 Å². The van der Waals surface area contributed by atoms with Gasteiger partial charge in [0.2, 0.25) is 0 Å². The smallest absolute Gasteiger partial charge is 0.137 e. The minimum absolute atomic E-state index is 0.275. The number of hydrogen-bond donors (Lipinski definition) is 1. The Labute approximate surface area is 123 Å². The van der Waals surface area contributed by atoms with Crippen LogP contribution in [0.25, 0.3) is 0 Å². The van der Waals surface area contributed by atoms with Crippen LogP contribution in [0.3, 0.4) is 0 Å². The van der Waals surface area contributed by atoms with Gasteiger partial charge in [-0.25, -0.2) is 4.39 Å². The predicted octanol–water partition coefficient (Wildman–Crippen LogP) is 5.51. The molecule has 0 amide bonds. The Morgan fingerprint density at radius 2 is 1.83 bits per heavy atom. The van der Waals surface area contributed by atoms with Crippen LogP contribution in [0.4, 0.5) is 10.1 Å². The van der Waals surface area contributed by atoms with Crippen LogP contribution in [-0.2, 0) is 6.54 Å². The van der Waals surface area contributed by atoms with Crippen molar-refractivity contribution in [3.8, 4) is 0 Å². The van der Waals surface area contributed by atoms with Crippen molar-refractivity contribution in [1.82, 2.24) is 0 Å². The fraction of sp³-hybridized carbons (Fsp3) is 0.0769. The van der Waals surface area contributed by atoms with E-state index in [0.717, 1.165) is 11.3 Å². The molecule has 5 heteroatoms. The highest BCUT2D eigenvalue weighted by Crippen LogP contribution is 2.25. The maximum absolute atomic E-state index is 13.3. The lowest BCUT2D eigenvalue weighted by Gasteiger charge is -2.08. The lowest BCUT2D eigenvalue weighted by atomic mass is 10.2. The van der Waals surface area contributed by atoms with E-state index in [-0.39, 0.29) is 5.82 Å². The Kier molecular flexibility index (Phi) is 4.49. The monoisotopic (exact) mass is 347 g/mol. The molecule has 0 radical (unpaired) electrons. The van der Waals surface area contributed by atoms with Crippen LogP contribution >= 0.6 is 39.1 Å². The van der Waals surface area contributed by atoms with E-state index in [1.807, 2.05) is 12.1 Å². The highest BCUT2D eigenvalue weighted by molar-refractivity contribution is 9.10. The zero-order valence-electron chi connectivity index (χ0n) is 9.18. The van der Waals surface area contributed by atoms with Crippen LogP contribution < -0.4 is 5.32 Å². The van der Waals surface area contributed by atoms with Gasteiger partial charge in [-0.3, -0.25) is 0 Å².